The van der Waals surface area contributed by atoms with Gasteiger partial charge in [-0.3, -0.25) is 0 Å². The van der Waals surface area contributed by atoms with Crippen LogP contribution in [0.5, 0.6) is 0 Å². The maximum Gasteiger partial charge on any atom is 0.410 e. The van der Waals surface area contributed by atoms with Crippen LogP contribution in [0.1, 0.15) is 43.4 Å². The van der Waals surface area contributed by atoms with Crippen molar-refractivity contribution >= 4 is 40.9 Å². The van der Waals surface area contributed by atoms with E-state index in [1.54, 1.807) is 17.0 Å². The summed E-state index contributed by atoms with van der Waals surface area (Å²) in [5.41, 5.74) is 4.12. The van der Waals surface area contributed by atoms with E-state index in [1.807, 2.05) is 51.1 Å². The Morgan fingerprint density at radius 2 is 1.78 bits per heavy atom. The highest BCUT2D eigenvalue weighted by Crippen LogP contribution is 2.38. The number of nitrogens with zero attached hydrogens (tertiary/aromatic N) is 3. The molecule has 8 heteroatoms. The first-order chi connectivity index (χ1) is 15.1. The highest BCUT2D eigenvalue weighted by Gasteiger charge is 2.32. The van der Waals surface area contributed by atoms with Gasteiger partial charge in [-0.2, -0.15) is 0 Å². The number of halogens is 3. The molecule has 4 rings (SSSR count). The zero-order chi connectivity index (χ0) is 23.0. The number of aromatic nitrogens is 2. The number of amides is 1. The number of carbonyl (C=O) groups excluding carboxylic acids is 1. The van der Waals surface area contributed by atoms with E-state index in [4.69, 9.17) is 39.5 Å². The molecule has 5 nitrogen and oxygen atoms in total. The van der Waals surface area contributed by atoms with Crippen LogP contribution in [-0.4, -0.2) is 33.3 Å². The van der Waals surface area contributed by atoms with Crippen LogP contribution in [0, 0.1) is 0 Å². The lowest BCUT2D eigenvalue weighted by Gasteiger charge is -2.36. The maximum absolute atomic E-state index is 12.9. The van der Waals surface area contributed by atoms with Gasteiger partial charge in [0.2, 0.25) is 0 Å². The Labute approximate surface area is 202 Å². The first-order valence-electron chi connectivity index (χ1n) is 10.2. The molecule has 166 valence electrons. The molecule has 2 aromatic carbocycles. The second-order valence-corrected chi connectivity index (χ2v) is 9.94. The molecule has 0 bridgehead atoms. The molecule has 0 saturated carbocycles. The smallest absolute Gasteiger partial charge is 0.410 e. The Bertz CT molecular complexity index is 1160. The van der Waals surface area contributed by atoms with Gasteiger partial charge in [0.25, 0.3) is 0 Å². The van der Waals surface area contributed by atoms with Gasteiger partial charge in [-0.1, -0.05) is 53.0 Å². The fourth-order valence-corrected chi connectivity index (χ4v) is 4.19. The van der Waals surface area contributed by atoms with Crippen LogP contribution in [-0.2, 0) is 11.3 Å². The average Bonchev–Trinajstić information content (AvgIpc) is 2.74. The molecule has 1 aliphatic rings. The minimum atomic E-state index is -0.586. The molecule has 1 atom stereocenters. The first kappa shape index (κ1) is 22.8. The molecule has 0 fully saturated rings. The van der Waals surface area contributed by atoms with Gasteiger partial charge in [0.05, 0.1) is 15.7 Å². The highest BCUT2D eigenvalue weighted by molar-refractivity contribution is 6.42. The van der Waals surface area contributed by atoms with Crippen LogP contribution in [0.2, 0.25) is 15.2 Å². The Morgan fingerprint density at radius 3 is 2.44 bits per heavy atom. The molecular weight excluding hydrogens is 469 g/mol. The van der Waals surface area contributed by atoms with Crippen molar-refractivity contribution in [2.75, 3.05) is 6.54 Å². The van der Waals surface area contributed by atoms with Gasteiger partial charge in [0.15, 0.2) is 5.15 Å². The van der Waals surface area contributed by atoms with Gasteiger partial charge >= 0.3 is 6.09 Å². The molecule has 32 heavy (non-hydrogen) atoms. The molecular formula is C24H22Cl3N3O2. The maximum atomic E-state index is 12.9. The molecule has 0 saturated heterocycles. The van der Waals surface area contributed by atoms with Crippen LogP contribution in [0.15, 0.2) is 48.5 Å². The van der Waals surface area contributed by atoms with E-state index in [0.717, 1.165) is 22.3 Å². The van der Waals surface area contributed by atoms with E-state index >= 15 is 0 Å². The van der Waals surface area contributed by atoms with Crippen LogP contribution in [0.25, 0.3) is 11.3 Å². The van der Waals surface area contributed by atoms with E-state index in [1.165, 1.54) is 0 Å². The molecule has 1 amide bonds. The van der Waals surface area contributed by atoms with Gasteiger partial charge in [-0.25, -0.2) is 4.79 Å². The summed E-state index contributed by atoms with van der Waals surface area (Å²) < 4.78 is 5.65. The Kier molecular flexibility index (Phi) is 6.35. The van der Waals surface area contributed by atoms with Crippen molar-refractivity contribution in [3.05, 3.63) is 80.4 Å². The fourth-order valence-electron chi connectivity index (χ4n) is 3.78. The van der Waals surface area contributed by atoms with Crippen molar-refractivity contribution < 1.29 is 9.53 Å². The van der Waals surface area contributed by atoms with E-state index in [0.29, 0.717) is 34.0 Å². The van der Waals surface area contributed by atoms with Gasteiger partial charge in [-0.15, -0.1) is 10.2 Å². The number of hydrogen-bond donors (Lipinski definition) is 0. The number of hydrogen-bond acceptors (Lipinski definition) is 4. The molecule has 1 unspecified atom stereocenters. The van der Waals surface area contributed by atoms with Crippen LogP contribution in [0.3, 0.4) is 0 Å². The van der Waals surface area contributed by atoms with Gasteiger partial charge in [-0.05, 0) is 67.8 Å². The zero-order valence-corrected chi connectivity index (χ0v) is 20.2. The molecule has 3 aromatic rings. The summed E-state index contributed by atoms with van der Waals surface area (Å²) >= 11 is 18.3. The molecule has 1 aromatic heterocycles. The Hall–Kier alpha value is -2.34. The molecule has 0 radical (unpaired) electrons. The molecule has 1 aliphatic heterocycles. The van der Waals surface area contributed by atoms with E-state index in [-0.39, 0.29) is 12.0 Å². The molecule has 0 spiro atoms. The monoisotopic (exact) mass is 489 g/mol. The fraction of sp³-hybridized carbons (Fsp3) is 0.292. The zero-order valence-electron chi connectivity index (χ0n) is 17.9. The van der Waals surface area contributed by atoms with E-state index in [2.05, 4.69) is 16.3 Å². The summed E-state index contributed by atoms with van der Waals surface area (Å²) in [5, 5.41) is 9.42. The Morgan fingerprint density at radius 1 is 1.00 bits per heavy atom. The van der Waals surface area contributed by atoms with Crippen LogP contribution in [0.4, 0.5) is 4.79 Å². The van der Waals surface area contributed by atoms with Gasteiger partial charge < -0.3 is 9.64 Å². The summed E-state index contributed by atoms with van der Waals surface area (Å²) in [6.45, 7) is 6.47. The van der Waals surface area contributed by atoms with Gasteiger partial charge in [0.1, 0.15) is 5.60 Å². The summed E-state index contributed by atoms with van der Waals surface area (Å²) in [6, 6.07) is 15.2. The minimum Gasteiger partial charge on any atom is -0.444 e. The third-order valence-corrected chi connectivity index (χ3v) is 6.15. The topological polar surface area (TPSA) is 55.3 Å². The molecule has 0 N–H and O–H groups in total. The largest absolute Gasteiger partial charge is 0.444 e. The van der Waals surface area contributed by atoms with Crippen molar-refractivity contribution in [3.8, 4) is 11.3 Å². The highest BCUT2D eigenvalue weighted by atomic mass is 35.5. The van der Waals surface area contributed by atoms with Crippen molar-refractivity contribution in [2.24, 2.45) is 0 Å². The van der Waals surface area contributed by atoms with Crippen molar-refractivity contribution in [1.82, 2.24) is 15.1 Å². The number of benzene rings is 2. The second-order valence-electron chi connectivity index (χ2n) is 8.74. The Balaban J connectivity index is 1.76. The van der Waals surface area contributed by atoms with E-state index < -0.39 is 5.60 Å². The summed E-state index contributed by atoms with van der Waals surface area (Å²) in [7, 11) is 0. The lowest BCUT2D eigenvalue weighted by Crippen LogP contribution is -2.41. The predicted molar refractivity (Wildman–Crippen MR) is 127 cm³/mol. The molecule has 0 aliphatic carbocycles. The van der Waals surface area contributed by atoms with Gasteiger partial charge in [0, 0.05) is 24.6 Å². The average molecular weight is 491 g/mol. The van der Waals surface area contributed by atoms with Crippen LogP contribution >= 0.6 is 34.8 Å². The number of rotatable bonds is 2. The number of carbonyl (C=O) groups is 1. The molecule has 2 heterocycles. The lowest BCUT2D eigenvalue weighted by molar-refractivity contribution is 0.0213. The number of ether oxygens (including phenoxy) is 1. The van der Waals surface area contributed by atoms with E-state index in [9.17, 15) is 4.79 Å². The summed E-state index contributed by atoms with van der Waals surface area (Å²) in [6.07, 6.45) is -0.357. The standard InChI is InChI=1S/C24H22Cl3N3O2/c1-24(2,3)32-23(31)30-12-16-10-15(21-8-9-22(27)29-28-21)4-6-17(16)18(13-30)14-5-7-19(25)20(26)11-14/h4-11,18H,12-13H2,1-3H3. The summed E-state index contributed by atoms with van der Waals surface area (Å²) in [5.74, 6) is -0.0774. The first-order valence-corrected chi connectivity index (χ1v) is 11.3. The van der Waals surface area contributed by atoms with Crippen LogP contribution < -0.4 is 0 Å². The third kappa shape index (κ3) is 5.01. The summed E-state index contributed by atoms with van der Waals surface area (Å²) in [4.78, 5) is 14.7. The second kappa shape index (κ2) is 8.89. The third-order valence-electron chi connectivity index (χ3n) is 5.21. The quantitative estimate of drug-likeness (QED) is 0.388. The lowest BCUT2D eigenvalue weighted by atomic mass is 9.84. The predicted octanol–water partition coefficient (Wildman–Crippen LogP) is 6.99. The number of fused-ring (bicyclic) bond motifs is 1. The normalized spacial score (nSPS) is 15.9. The minimum absolute atomic E-state index is 0.0774. The SMILES string of the molecule is CC(C)(C)OC(=O)N1Cc2cc(-c3ccc(Cl)nn3)ccc2C(c2ccc(Cl)c(Cl)c2)C1. The van der Waals surface area contributed by atoms with Crippen molar-refractivity contribution in [2.45, 2.75) is 38.8 Å². The van der Waals surface area contributed by atoms with Crippen molar-refractivity contribution in [1.29, 1.82) is 0 Å². The van der Waals surface area contributed by atoms with Crippen molar-refractivity contribution in [3.63, 3.8) is 0 Å².